The number of amides is 1. The van der Waals surface area contributed by atoms with Gasteiger partial charge in [0.25, 0.3) is 11.6 Å². The number of nitro groups is 1. The standard InChI is InChI=1S/C21H26N2O4S/c1-14(2)27-17-9-7-16(8-10-17)6-5-15(3)22-21(24)19-13-18(28-4)11-12-20(19)23(25)26/h7-15H,5-6H2,1-4H3,(H,22,24). The number of hydrogen-bond donors (Lipinski definition) is 1. The highest BCUT2D eigenvalue weighted by molar-refractivity contribution is 7.98. The molecular weight excluding hydrogens is 376 g/mol. The molecule has 0 aliphatic carbocycles. The van der Waals surface area contributed by atoms with Crippen LogP contribution in [0.25, 0.3) is 0 Å². The highest BCUT2D eigenvalue weighted by atomic mass is 32.2. The van der Waals surface area contributed by atoms with Crippen molar-refractivity contribution in [3.05, 3.63) is 63.7 Å². The first kappa shape index (κ1) is 21.8. The molecule has 0 aliphatic rings. The Morgan fingerprint density at radius 1 is 1.18 bits per heavy atom. The van der Waals surface area contributed by atoms with Crippen molar-refractivity contribution in [2.24, 2.45) is 0 Å². The zero-order valence-electron chi connectivity index (χ0n) is 16.6. The number of nitro benzene ring substituents is 1. The predicted octanol–water partition coefficient (Wildman–Crippen LogP) is 4.86. The second-order valence-electron chi connectivity index (χ2n) is 6.86. The molecule has 1 N–H and O–H groups in total. The van der Waals surface area contributed by atoms with Crippen LogP contribution in [-0.2, 0) is 6.42 Å². The molecule has 0 aliphatic heterocycles. The average molecular weight is 403 g/mol. The zero-order chi connectivity index (χ0) is 20.7. The Bertz CT molecular complexity index is 822. The van der Waals surface area contributed by atoms with Gasteiger partial charge in [-0.3, -0.25) is 14.9 Å². The Hall–Kier alpha value is -2.54. The molecule has 0 fully saturated rings. The molecule has 1 unspecified atom stereocenters. The van der Waals surface area contributed by atoms with Crippen molar-refractivity contribution in [2.45, 2.75) is 50.7 Å². The third-order valence-corrected chi connectivity index (χ3v) is 4.91. The van der Waals surface area contributed by atoms with Gasteiger partial charge in [-0.1, -0.05) is 12.1 Å². The first-order valence-corrected chi connectivity index (χ1v) is 10.4. The lowest BCUT2D eigenvalue weighted by Gasteiger charge is -2.15. The number of benzene rings is 2. The van der Waals surface area contributed by atoms with Gasteiger partial charge in [0.2, 0.25) is 0 Å². The van der Waals surface area contributed by atoms with Crippen LogP contribution in [0.15, 0.2) is 47.4 Å². The third-order valence-electron chi connectivity index (χ3n) is 4.18. The van der Waals surface area contributed by atoms with Crippen LogP contribution in [0.5, 0.6) is 5.75 Å². The maximum absolute atomic E-state index is 12.6. The number of carbonyl (C=O) groups excluding carboxylic acids is 1. The lowest BCUT2D eigenvalue weighted by atomic mass is 10.1. The van der Waals surface area contributed by atoms with E-state index in [2.05, 4.69) is 5.32 Å². The summed E-state index contributed by atoms with van der Waals surface area (Å²) in [5, 5.41) is 14.1. The van der Waals surface area contributed by atoms with Gasteiger partial charge in [-0.15, -0.1) is 11.8 Å². The molecule has 28 heavy (non-hydrogen) atoms. The average Bonchev–Trinajstić information content (AvgIpc) is 2.66. The van der Waals surface area contributed by atoms with Crippen molar-refractivity contribution in [2.75, 3.05) is 6.26 Å². The fraction of sp³-hybridized carbons (Fsp3) is 0.381. The Morgan fingerprint density at radius 2 is 1.86 bits per heavy atom. The smallest absolute Gasteiger partial charge is 0.282 e. The molecule has 2 rings (SSSR count). The van der Waals surface area contributed by atoms with Crippen LogP contribution < -0.4 is 10.1 Å². The molecule has 0 aromatic heterocycles. The molecule has 1 amide bonds. The molecule has 6 nitrogen and oxygen atoms in total. The summed E-state index contributed by atoms with van der Waals surface area (Å²) in [6, 6.07) is 12.4. The lowest BCUT2D eigenvalue weighted by Crippen LogP contribution is -2.33. The largest absolute Gasteiger partial charge is 0.491 e. The molecule has 0 heterocycles. The molecule has 0 spiro atoms. The summed E-state index contributed by atoms with van der Waals surface area (Å²) in [7, 11) is 0. The Kier molecular flexibility index (Phi) is 7.87. The second kappa shape index (κ2) is 10.1. The second-order valence-corrected chi connectivity index (χ2v) is 7.74. The van der Waals surface area contributed by atoms with Gasteiger partial charge in [0.15, 0.2) is 0 Å². The number of carbonyl (C=O) groups is 1. The van der Waals surface area contributed by atoms with Crippen LogP contribution in [0, 0.1) is 10.1 Å². The molecule has 1 atom stereocenters. The monoisotopic (exact) mass is 402 g/mol. The van der Waals surface area contributed by atoms with Gasteiger partial charge in [0.05, 0.1) is 11.0 Å². The van der Waals surface area contributed by atoms with Gasteiger partial charge in [0, 0.05) is 17.0 Å². The molecule has 7 heteroatoms. The summed E-state index contributed by atoms with van der Waals surface area (Å²) < 4.78 is 5.63. The normalized spacial score (nSPS) is 11.9. The fourth-order valence-corrected chi connectivity index (χ4v) is 3.19. The van der Waals surface area contributed by atoms with Gasteiger partial charge in [-0.25, -0.2) is 0 Å². The molecule has 2 aromatic carbocycles. The van der Waals surface area contributed by atoms with Crippen LogP contribution in [0.4, 0.5) is 5.69 Å². The van der Waals surface area contributed by atoms with E-state index in [0.29, 0.717) is 0 Å². The minimum atomic E-state index is -0.523. The number of ether oxygens (including phenoxy) is 1. The Balaban J connectivity index is 1.96. The van der Waals surface area contributed by atoms with E-state index in [9.17, 15) is 14.9 Å². The van der Waals surface area contributed by atoms with Crippen molar-refractivity contribution in [1.29, 1.82) is 0 Å². The van der Waals surface area contributed by atoms with Crippen LogP contribution >= 0.6 is 11.8 Å². The van der Waals surface area contributed by atoms with Crippen LogP contribution in [-0.4, -0.2) is 29.2 Å². The molecule has 150 valence electrons. The van der Waals surface area contributed by atoms with Gasteiger partial charge < -0.3 is 10.1 Å². The first-order valence-electron chi connectivity index (χ1n) is 9.19. The summed E-state index contributed by atoms with van der Waals surface area (Å²) in [6.07, 6.45) is 3.51. The van der Waals surface area contributed by atoms with E-state index < -0.39 is 10.8 Å². The third kappa shape index (κ3) is 6.27. The molecule has 0 bridgehead atoms. The summed E-state index contributed by atoms with van der Waals surface area (Å²) in [5.41, 5.74) is 1.06. The predicted molar refractivity (Wildman–Crippen MR) is 112 cm³/mol. The zero-order valence-corrected chi connectivity index (χ0v) is 17.4. The summed E-state index contributed by atoms with van der Waals surface area (Å²) in [5.74, 6) is 0.414. The van der Waals surface area contributed by atoms with Crippen molar-refractivity contribution in [1.82, 2.24) is 5.32 Å². The minimum absolute atomic E-state index is 0.0962. The SMILES string of the molecule is CSc1ccc([N+](=O)[O-])c(C(=O)NC(C)CCc2ccc(OC(C)C)cc2)c1. The van der Waals surface area contributed by atoms with Gasteiger partial charge >= 0.3 is 0 Å². The summed E-state index contributed by atoms with van der Waals surface area (Å²) >= 11 is 1.44. The van der Waals surface area contributed by atoms with Crippen molar-refractivity contribution < 1.29 is 14.5 Å². The van der Waals surface area contributed by atoms with E-state index in [4.69, 9.17) is 4.74 Å². The number of thioether (sulfide) groups is 1. The molecular formula is C21H26N2O4S. The maximum atomic E-state index is 12.6. The highest BCUT2D eigenvalue weighted by Crippen LogP contribution is 2.25. The number of nitrogens with one attached hydrogen (secondary N) is 1. The van der Waals surface area contributed by atoms with Gasteiger partial charge in [-0.05, 0) is 69.7 Å². The lowest BCUT2D eigenvalue weighted by molar-refractivity contribution is -0.385. The molecule has 0 saturated heterocycles. The fourth-order valence-electron chi connectivity index (χ4n) is 2.75. The number of aryl methyl sites for hydroxylation is 1. The minimum Gasteiger partial charge on any atom is -0.491 e. The van der Waals surface area contributed by atoms with Gasteiger partial charge in [-0.2, -0.15) is 0 Å². The van der Waals surface area contributed by atoms with E-state index in [-0.39, 0.29) is 23.4 Å². The van der Waals surface area contributed by atoms with Crippen LogP contribution in [0.2, 0.25) is 0 Å². The summed E-state index contributed by atoms with van der Waals surface area (Å²) in [6.45, 7) is 5.87. The molecule has 0 radical (unpaired) electrons. The topological polar surface area (TPSA) is 81.5 Å². The van der Waals surface area contributed by atoms with Crippen LogP contribution in [0.1, 0.15) is 43.1 Å². The van der Waals surface area contributed by atoms with Crippen LogP contribution in [0.3, 0.4) is 0 Å². The number of rotatable bonds is 9. The van der Waals surface area contributed by atoms with Gasteiger partial charge in [0.1, 0.15) is 11.3 Å². The summed E-state index contributed by atoms with van der Waals surface area (Å²) in [4.78, 5) is 24.1. The van der Waals surface area contributed by atoms with Crippen molar-refractivity contribution in [3.63, 3.8) is 0 Å². The highest BCUT2D eigenvalue weighted by Gasteiger charge is 2.21. The Morgan fingerprint density at radius 3 is 2.43 bits per heavy atom. The van der Waals surface area contributed by atoms with E-state index in [1.165, 1.54) is 17.8 Å². The van der Waals surface area contributed by atoms with E-state index in [1.54, 1.807) is 12.1 Å². The quantitative estimate of drug-likeness (QED) is 0.368. The maximum Gasteiger partial charge on any atom is 0.282 e. The first-order chi connectivity index (χ1) is 13.3. The number of nitrogens with zero attached hydrogens (tertiary/aromatic N) is 1. The molecule has 2 aromatic rings. The van der Waals surface area contributed by atoms with Crippen molar-refractivity contribution >= 4 is 23.4 Å². The molecule has 0 saturated carbocycles. The Labute approximate surface area is 169 Å². The number of hydrogen-bond acceptors (Lipinski definition) is 5. The van der Waals surface area contributed by atoms with E-state index in [1.807, 2.05) is 51.3 Å². The van der Waals surface area contributed by atoms with Crippen molar-refractivity contribution in [3.8, 4) is 5.75 Å². The van der Waals surface area contributed by atoms with E-state index in [0.717, 1.165) is 29.1 Å². The van der Waals surface area contributed by atoms with E-state index >= 15 is 0 Å².